The van der Waals surface area contributed by atoms with Crippen LogP contribution in [0.25, 0.3) is 0 Å². The van der Waals surface area contributed by atoms with Crippen molar-refractivity contribution in [3.63, 3.8) is 0 Å². The van der Waals surface area contributed by atoms with Crippen molar-refractivity contribution in [1.82, 2.24) is 10.2 Å². The summed E-state index contributed by atoms with van der Waals surface area (Å²) in [6.07, 6.45) is 2.20. The van der Waals surface area contributed by atoms with Crippen LogP contribution < -0.4 is 5.32 Å². The first-order valence-electron chi connectivity index (χ1n) is 7.36. The third-order valence-corrected chi connectivity index (χ3v) is 4.08. The van der Waals surface area contributed by atoms with E-state index in [2.05, 4.69) is 17.1 Å². The highest BCUT2D eigenvalue weighted by Gasteiger charge is 2.35. The zero-order chi connectivity index (χ0) is 14.3. The van der Waals surface area contributed by atoms with Gasteiger partial charge in [-0.05, 0) is 39.3 Å². The van der Waals surface area contributed by atoms with Gasteiger partial charge in [-0.2, -0.15) is 0 Å². The van der Waals surface area contributed by atoms with Crippen LogP contribution in [0.5, 0.6) is 0 Å². The van der Waals surface area contributed by atoms with Crippen molar-refractivity contribution in [1.29, 1.82) is 0 Å². The molecule has 1 aliphatic heterocycles. The molecule has 112 valence electrons. The Morgan fingerprint density at radius 1 is 1.53 bits per heavy atom. The number of likely N-dealkylation sites (N-methyl/N-ethyl adjacent to an activating group) is 1. The third kappa shape index (κ3) is 4.44. The van der Waals surface area contributed by atoms with Crippen LogP contribution in [0.4, 0.5) is 0 Å². The minimum absolute atomic E-state index is 0.439. The van der Waals surface area contributed by atoms with E-state index < -0.39 is 11.5 Å². The fraction of sp³-hybridized carbons (Fsp3) is 0.929. The van der Waals surface area contributed by atoms with E-state index in [-0.39, 0.29) is 0 Å². The van der Waals surface area contributed by atoms with Crippen LogP contribution in [0.15, 0.2) is 0 Å². The summed E-state index contributed by atoms with van der Waals surface area (Å²) in [6.45, 7) is 10.2. The molecule has 0 amide bonds. The Balaban J connectivity index is 2.45. The minimum Gasteiger partial charge on any atom is -0.480 e. The Morgan fingerprint density at radius 2 is 2.26 bits per heavy atom. The van der Waals surface area contributed by atoms with E-state index in [1.165, 1.54) is 0 Å². The fourth-order valence-corrected chi connectivity index (χ4v) is 2.74. The number of hydrogen-bond acceptors (Lipinski definition) is 4. The Hall–Kier alpha value is -0.650. The van der Waals surface area contributed by atoms with Crippen molar-refractivity contribution in [2.24, 2.45) is 0 Å². The lowest BCUT2D eigenvalue weighted by Gasteiger charge is -2.35. The van der Waals surface area contributed by atoms with E-state index in [0.717, 1.165) is 32.7 Å². The summed E-state index contributed by atoms with van der Waals surface area (Å²) in [5.74, 6) is -0.730. The second-order valence-corrected chi connectivity index (χ2v) is 5.33. The first kappa shape index (κ1) is 16.4. The summed E-state index contributed by atoms with van der Waals surface area (Å²) in [5, 5.41) is 12.6. The average molecular weight is 272 g/mol. The maximum Gasteiger partial charge on any atom is 0.323 e. The molecule has 5 nitrogen and oxygen atoms in total. The van der Waals surface area contributed by atoms with Crippen LogP contribution in [-0.4, -0.2) is 60.4 Å². The van der Waals surface area contributed by atoms with Crippen molar-refractivity contribution in [3.05, 3.63) is 0 Å². The van der Waals surface area contributed by atoms with Crippen LogP contribution in [0.2, 0.25) is 0 Å². The molecule has 1 saturated heterocycles. The summed E-state index contributed by atoms with van der Waals surface area (Å²) >= 11 is 0. The quantitative estimate of drug-likeness (QED) is 0.698. The number of rotatable bonds is 8. The molecule has 2 unspecified atom stereocenters. The van der Waals surface area contributed by atoms with Crippen molar-refractivity contribution in [3.8, 4) is 0 Å². The van der Waals surface area contributed by atoms with Gasteiger partial charge >= 0.3 is 5.97 Å². The molecule has 1 fully saturated rings. The second-order valence-electron chi connectivity index (χ2n) is 5.33. The first-order chi connectivity index (χ1) is 9.05. The SMILES string of the molecule is CCNC(CC)(CCCN1CCOCC1C)C(=O)O. The van der Waals surface area contributed by atoms with E-state index in [1.807, 2.05) is 13.8 Å². The Morgan fingerprint density at radius 3 is 2.79 bits per heavy atom. The molecular formula is C14H28N2O3. The van der Waals surface area contributed by atoms with Gasteiger partial charge in [-0.25, -0.2) is 0 Å². The van der Waals surface area contributed by atoms with Crippen molar-refractivity contribution in [2.45, 2.75) is 51.6 Å². The summed E-state index contributed by atoms with van der Waals surface area (Å²) in [7, 11) is 0. The normalized spacial score (nSPS) is 24.1. The van der Waals surface area contributed by atoms with E-state index in [0.29, 0.717) is 25.4 Å². The Labute approximate surface area is 116 Å². The predicted molar refractivity (Wildman–Crippen MR) is 75.4 cm³/mol. The van der Waals surface area contributed by atoms with Gasteiger partial charge in [0.15, 0.2) is 0 Å². The molecule has 0 aromatic carbocycles. The number of nitrogens with zero attached hydrogens (tertiary/aromatic N) is 1. The number of morpholine rings is 1. The lowest BCUT2D eigenvalue weighted by atomic mass is 9.90. The maximum absolute atomic E-state index is 11.5. The monoisotopic (exact) mass is 272 g/mol. The summed E-state index contributed by atoms with van der Waals surface area (Å²) < 4.78 is 5.41. The van der Waals surface area contributed by atoms with Crippen LogP contribution in [0.1, 0.15) is 40.0 Å². The molecule has 19 heavy (non-hydrogen) atoms. The van der Waals surface area contributed by atoms with Crippen molar-refractivity contribution < 1.29 is 14.6 Å². The van der Waals surface area contributed by atoms with Gasteiger partial charge in [0.25, 0.3) is 0 Å². The maximum atomic E-state index is 11.5. The van der Waals surface area contributed by atoms with Gasteiger partial charge in [0.05, 0.1) is 13.2 Å². The predicted octanol–water partition coefficient (Wildman–Crippen LogP) is 1.33. The summed E-state index contributed by atoms with van der Waals surface area (Å²) in [5.41, 5.74) is -0.760. The smallest absolute Gasteiger partial charge is 0.323 e. The third-order valence-electron chi connectivity index (χ3n) is 4.08. The van der Waals surface area contributed by atoms with Crippen LogP contribution in [-0.2, 0) is 9.53 Å². The summed E-state index contributed by atoms with van der Waals surface area (Å²) in [6, 6.07) is 0.439. The number of aliphatic carboxylic acids is 1. The molecule has 2 N–H and O–H groups in total. The standard InChI is InChI=1S/C14H28N2O3/c1-4-14(13(17)18,15-5-2)7-6-8-16-9-10-19-11-12(16)3/h12,15H,4-11H2,1-3H3,(H,17,18). The number of carboxylic acid groups (broad SMARTS) is 1. The molecule has 0 bridgehead atoms. The van der Waals surface area contributed by atoms with Gasteiger partial charge in [-0.15, -0.1) is 0 Å². The lowest BCUT2D eigenvalue weighted by Crippen LogP contribution is -2.52. The van der Waals surface area contributed by atoms with Gasteiger partial charge in [0, 0.05) is 12.6 Å². The molecule has 2 atom stereocenters. The van der Waals surface area contributed by atoms with E-state index >= 15 is 0 Å². The molecular weight excluding hydrogens is 244 g/mol. The van der Waals surface area contributed by atoms with E-state index in [9.17, 15) is 9.90 Å². The number of hydrogen-bond donors (Lipinski definition) is 2. The molecule has 1 aliphatic rings. The van der Waals surface area contributed by atoms with Gasteiger partial charge in [0.1, 0.15) is 5.54 Å². The van der Waals surface area contributed by atoms with Gasteiger partial charge in [0.2, 0.25) is 0 Å². The van der Waals surface area contributed by atoms with E-state index in [1.54, 1.807) is 0 Å². The minimum atomic E-state index is -0.760. The first-order valence-corrected chi connectivity index (χ1v) is 7.36. The second kappa shape index (κ2) is 7.82. The van der Waals surface area contributed by atoms with Crippen molar-refractivity contribution >= 4 is 5.97 Å². The number of nitrogens with one attached hydrogen (secondary N) is 1. The van der Waals surface area contributed by atoms with Gasteiger partial charge in [-0.1, -0.05) is 13.8 Å². The molecule has 0 aliphatic carbocycles. The van der Waals surface area contributed by atoms with Crippen LogP contribution >= 0.6 is 0 Å². The topological polar surface area (TPSA) is 61.8 Å². The number of ether oxygens (including phenoxy) is 1. The molecule has 5 heteroatoms. The molecule has 1 rings (SSSR count). The van der Waals surface area contributed by atoms with Crippen LogP contribution in [0, 0.1) is 0 Å². The summed E-state index contributed by atoms with van der Waals surface area (Å²) in [4.78, 5) is 13.9. The van der Waals surface area contributed by atoms with Crippen molar-refractivity contribution in [2.75, 3.05) is 32.8 Å². The molecule has 0 aromatic rings. The van der Waals surface area contributed by atoms with Gasteiger partial charge in [-0.3, -0.25) is 9.69 Å². The highest BCUT2D eigenvalue weighted by Crippen LogP contribution is 2.19. The van der Waals surface area contributed by atoms with Crippen LogP contribution in [0.3, 0.4) is 0 Å². The Kier molecular flexibility index (Phi) is 6.75. The highest BCUT2D eigenvalue weighted by molar-refractivity contribution is 5.78. The largest absolute Gasteiger partial charge is 0.480 e. The fourth-order valence-electron chi connectivity index (χ4n) is 2.74. The number of carboxylic acids is 1. The molecule has 0 spiro atoms. The van der Waals surface area contributed by atoms with E-state index in [4.69, 9.17) is 4.74 Å². The molecule has 0 saturated carbocycles. The average Bonchev–Trinajstić information content (AvgIpc) is 2.39. The lowest BCUT2D eigenvalue weighted by molar-refractivity contribution is -0.145. The zero-order valence-electron chi connectivity index (χ0n) is 12.4. The zero-order valence-corrected chi connectivity index (χ0v) is 12.4. The molecule has 1 heterocycles. The highest BCUT2D eigenvalue weighted by atomic mass is 16.5. The Bertz CT molecular complexity index is 286. The number of carbonyl (C=O) groups is 1. The molecule has 0 aromatic heterocycles. The van der Waals surface area contributed by atoms with Gasteiger partial charge < -0.3 is 15.2 Å². The molecule has 0 radical (unpaired) electrons.